The molecule has 0 bridgehead atoms. The van der Waals surface area contributed by atoms with Gasteiger partial charge in [-0.15, -0.1) is 0 Å². The largest absolute Gasteiger partial charge is 0.394 e. The molecular formula is C64H119NO8. The lowest BCUT2D eigenvalue weighted by Crippen LogP contribution is -2.60. The van der Waals surface area contributed by atoms with Crippen LogP contribution in [0.1, 0.15) is 296 Å². The van der Waals surface area contributed by atoms with E-state index in [0.717, 1.165) is 44.9 Å². The van der Waals surface area contributed by atoms with Crippen LogP contribution in [-0.2, 0) is 14.3 Å². The van der Waals surface area contributed by atoms with Gasteiger partial charge in [0.15, 0.2) is 6.29 Å². The Kier molecular flexibility index (Phi) is 50.7. The molecule has 7 atom stereocenters. The van der Waals surface area contributed by atoms with E-state index in [4.69, 9.17) is 9.47 Å². The SMILES string of the molecule is CCCCCCCCCC/C=C\CCCCCCCCCCCCCCCC(=O)NC(COC1OC(CO)C(O)C(O)C1O)C(O)/C=C/CC/C=C/CC/C=C/CCCCCCCCCCCCCCCCC. The van der Waals surface area contributed by atoms with Crippen LogP contribution in [0.3, 0.4) is 0 Å². The van der Waals surface area contributed by atoms with Gasteiger partial charge in [-0.05, 0) is 70.6 Å². The molecule has 6 N–H and O–H groups in total. The molecule has 1 saturated heterocycles. The van der Waals surface area contributed by atoms with Gasteiger partial charge in [-0.3, -0.25) is 4.79 Å². The van der Waals surface area contributed by atoms with Crippen molar-refractivity contribution in [2.24, 2.45) is 0 Å². The van der Waals surface area contributed by atoms with E-state index in [0.29, 0.717) is 6.42 Å². The summed E-state index contributed by atoms with van der Waals surface area (Å²) < 4.78 is 11.3. The number of nitrogens with one attached hydrogen (secondary N) is 1. The molecule has 0 aromatic rings. The number of amides is 1. The molecule has 9 nitrogen and oxygen atoms in total. The summed E-state index contributed by atoms with van der Waals surface area (Å²) >= 11 is 0. The van der Waals surface area contributed by atoms with Crippen LogP contribution in [0.4, 0.5) is 0 Å². The van der Waals surface area contributed by atoms with Gasteiger partial charge in [0, 0.05) is 6.42 Å². The third-order valence-corrected chi connectivity index (χ3v) is 14.9. The zero-order valence-electron chi connectivity index (χ0n) is 47.6. The van der Waals surface area contributed by atoms with E-state index in [1.807, 2.05) is 6.08 Å². The molecule has 1 fully saturated rings. The first-order valence-electron chi connectivity index (χ1n) is 31.4. The Morgan fingerprint density at radius 3 is 1.15 bits per heavy atom. The summed E-state index contributed by atoms with van der Waals surface area (Å²) in [7, 11) is 0. The van der Waals surface area contributed by atoms with E-state index in [9.17, 15) is 30.3 Å². The summed E-state index contributed by atoms with van der Waals surface area (Å²) in [6.45, 7) is 3.79. The minimum atomic E-state index is -1.58. The number of hydrogen-bond donors (Lipinski definition) is 6. The van der Waals surface area contributed by atoms with Crippen LogP contribution in [0, 0.1) is 0 Å². The third kappa shape index (κ3) is 42.9. The standard InChI is InChI=1S/C64H119NO8/c1-3-5-7-9-11-13-15-17-19-21-23-25-27-29-31-33-35-37-39-41-43-45-47-49-51-53-58(67)57(56-72-64-63(71)62(70)61(69)59(55-66)73-64)65-60(68)54-52-50-48-46-44-42-40-38-36-34-32-30-28-26-24-22-20-18-16-14-12-10-8-6-4-2/h22,24,35,37,43,45,51,53,57-59,61-64,66-67,69-71H,3-21,23,25-34,36,38-42,44,46-50,52,54-56H2,1-2H3,(H,65,68)/b24-22-,37-35+,45-43+,53-51+. The summed E-state index contributed by atoms with van der Waals surface area (Å²) in [5.41, 5.74) is 0. The molecule has 1 heterocycles. The van der Waals surface area contributed by atoms with Crippen molar-refractivity contribution in [1.82, 2.24) is 5.32 Å². The number of aliphatic hydroxyl groups excluding tert-OH is 5. The Morgan fingerprint density at radius 2 is 0.781 bits per heavy atom. The first-order chi connectivity index (χ1) is 35.8. The Morgan fingerprint density at radius 1 is 0.452 bits per heavy atom. The van der Waals surface area contributed by atoms with Gasteiger partial charge in [0.1, 0.15) is 24.4 Å². The zero-order valence-corrected chi connectivity index (χ0v) is 47.6. The summed E-state index contributed by atoms with van der Waals surface area (Å²) in [4.78, 5) is 13.1. The Labute approximate surface area is 450 Å². The quantitative estimate of drug-likeness (QED) is 0.0261. The molecule has 1 aliphatic heterocycles. The van der Waals surface area contributed by atoms with Crippen LogP contribution >= 0.6 is 0 Å². The average molecular weight is 1030 g/mol. The predicted octanol–water partition coefficient (Wildman–Crippen LogP) is 16.1. The van der Waals surface area contributed by atoms with E-state index >= 15 is 0 Å². The van der Waals surface area contributed by atoms with E-state index in [1.165, 1.54) is 231 Å². The summed E-state index contributed by atoms with van der Waals surface area (Å²) in [6, 6.07) is -0.829. The molecule has 1 rings (SSSR count). The smallest absolute Gasteiger partial charge is 0.220 e. The topological polar surface area (TPSA) is 149 Å². The molecule has 9 heteroatoms. The lowest BCUT2D eigenvalue weighted by atomic mass is 9.99. The second-order valence-corrected chi connectivity index (χ2v) is 21.8. The molecule has 0 spiro atoms. The van der Waals surface area contributed by atoms with Gasteiger partial charge in [0.25, 0.3) is 0 Å². The van der Waals surface area contributed by atoms with Crippen molar-refractivity contribution in [3.63, 3.8) is 0 Å². The van der Waals surface area contributed by atoms with Gasteiger partial charge in [0.2, 0.25) is 5.91 Å². The Hall–Kier alpha value is -1.85. The fourth-order valence-corrected chi connectivity index (χ4v) is 9.89. The molecule has 0 aromatic carbocycles. The third-order valence-electron chi connectivity index (χ3n) is 14.9. The number of carbonyl (C=O) groups excluding carboxylic acids is 1. The highest BCUT2D eigenvalue weighted by molar-refractivity contribution is 5.76. The predicted molar refractivity (Wildman–Crippen MR) is 309 cm³/mol. The van der Waals surface area contributed by atoms with Crippen LogP contribution in [0.15, 0.2) is 48.6 Å². The highest BCUT2D eigenvalue weighted by Gasteiger charge is 2.44. The van der Waals surface area contributed by atoms with Gasteiger partial charge in [0.05, 0.1) is 25.4 Å². The van der Waals surface area contributed by atoms with E-state index < -0.39 is 49.5 Å². The number of allylic oxidation sites excluding steroid dienone is 7. The van der Waals surface area contributed by atoms with Crippen LogP contribution < -0.4 is 5.32 Å². The van der Waals surface area contributed by atoms with Crippen molar-refractivity contribution in [2.45, 2.75) is 339 Å². The molecule has 0 saturated carbocycles. The number of ether oxygens (including phenoxy) is 2. The van der Waals surface area contributed by atoms with E-state index in [-0.39, 0.29) is 12.5 Å². The maximum atomic E-state index is 13.1. The van der Waals surface area contributed by atoms with Crippen LogP contribution in [-0.4, -0.2) is 87.5 Å². The van der Waals surface area contributed by atoms with E-state index in [1.54, 1.807) is 6.08 Å². The number of rotatable bonds is 54. The van der Waals surface area contributed by atoms with Gasteiger partial charge < -0.3 is 40.3 Å². The minimum Gasteiger partial charge on any atom is -0.394 e. The number of hydrogen-bond acceptors (Lipinski definition) is 8. The molecule has 0 aliphatic carbocycles. The van der Waals surface area contributed by atoms with Crippen molar-refractivity contribution in [1.29, 1.82) is 0 Å². The lowest BCUT2D eigenvalue weighted by molar-refractivity contribution is -0.302. The van der Waals surface area contributed by atoms with Crippen molar-refractivity contribution in [3.8, 4) is 0 Å². The Bertz CT molecular complexity index is 1290. The van der Waals surface area contributed by atoms with Crippen LogP contribution in [0.5, 0.6) is 0 Å². The van der Waals surface area contributed by atoms with Gasteiger partial charge in [-0.25, -0.2) is 0 Å². The molecule has 1 aliphatic rings. The van der Waals surface area contributed by atoms with Gasteiger partial charge >= 0.3 is 0 Å². The molecule has 0 radical (unpaired) electrons. The normalized spacial score (nSPS) is 19.4. The summed E-state index contributed by atoms with van der Waals surface area (Å²) in [5, 5.41) is 54.6. The molecule has 428 valence electrons. The fraction of sp³-hybridized carbons (Fsp3) is 0.859. The number of aliphatic hydroxyl groups is 5. The molecular weight excluding hydrogens is 911 g/mol. The highest BCUT2D eigenvalue weighted by Crippen LogP contribution is 2.23. The second-order valence-electron chi connectivity index (χ2n) is 21.8. The van der Waals surface area contributed by atoms with Gasteiger partial charge in [-0.2, -0.15) is 0 Å². The number of carbonyl (C=O) groups is 1. The first kappa shape index (κ1) is 69.2. The maximum absolute atomic E-state index is 13.1. The number of unbranched alkanes of at least 4 members (excludes halogenated alkanes) is 38. The summed E-state index contributed by atoms with van der Waals surface area (Å²) in [5.74, 6) is -0.188. The maximum Gasteiger partial charge on any atom is 0.220 e. The molecule has 7 unspecified atom stereocenters. The average Bonchev–Trinajstić information content (AvgIpc) is 3.39. The van der Waals surface area contributed by atoms with Crippen molar-refractivity contribution in [3.05, 3.63) is 48.6 Å². The first-order valence-corrected chi connectivity index (χ1v) is 31.4. The van der Waals surface area contributed by atoms with Crippen molar-refractivity contribution < 1.29 is 39.8 Å². The summed E-state index contributed by atoms with van der Waals surface area (Å²) in [6.07, 6.45) is 64.8. The second kappa shape index (κ2) is 53.5. The van der Waals surface area contributed by atoms with Crippen molar-refractivity contribution in [2.75, 3.05) is 13.2 Å². The highest BCUT2D eigenvalue weighted by atomic mass is 16.7. The van der Waals surface area contributed by atoms with Crippen LogP contribution in [0.2, 0.25) is 0 Å². The molecule has 1 amide bonds. The Balaban J connectivity index is 2.22. The van der Waals surface area contributed by atoms with Crippen LogP contribution in [0.25, 0.3) is 0 Å². The molecule has 0 aromatic heterocycles. The van der Waals surface area contributed by atoms with E-state index in [2.05, 4.69) is 55.6 Å². The zero-order chi connectivity index (χ0) is 52.9. The minimum absolute atomic E-state index is 0.188. The lowest BCUT2D eigenvalue weighted by Gasteiger charge is -2.40. The molecule has 73 heavy (non-hydrogen) atoms. The monoisotopic (exact) mass is 1030 g/mol. The van der Waals surface area contributed by atoms with Crippen molar-refractivity contribution >= 4 is 5.91 Å². The van der Waals surface area contributed by atoms with Gasteiger partial charge in [-0.1, -0.05) is 268 Å². The fourth-order valence-electron chi connectivity index (χ4n) is 9.89.